The molecule has 0 spiro atoms. The Balaban J connectivity index is 2.08. The van der Waals surface area contributed by atoms with Crippen molar-refractivity contribution in [2.24, 2.45) is 0 Å². The van der Waals surface area contributed by atoms with Gasteiger partial charge in [0.25, 0.3) is 0 Å². The Morgan fingerprint density at radius 1 is 1.14 bits per heavy atom. The summed E-state index contributed by atoms with van der Waals surface area (Å²) in [5.41, 5.74) is 2.71. The normalized spacial score (nSPS) is 10.5. The molecule has 2 aromatic carbocycles. The Labute approximate surface area is 121 Å². The number of rotatable bonds is 2. The highest BCUT2D eigenvalue weighted by Crippen LogP contribution is 2.18. The molecule has 104 valence electrons. The quantitative estimate of drug-likeness (QED) is 0.410. The van der Waals surface area contributed by atoms with Gasteiger partial charge >= 0.3 is 5.97 Å². The minimum Gasteiger partial charge on any atom is -0.618 e. The zero-order chi connectivity index (χ0) is 14.8. The van der Waals surface area contributed by atoms with E-state index in [0.29, 0.717) is 27.9 Å². The minimum absolute atomic E-state index is 0.409. The molecule has 0 aliphatic rings. The monoisotopic (exact) mass is 280 g/mol. The van der Waals surface area contributed by atoms with Crippen LogP contribution in [0.5, 0.6) is 0 Å². The maximum Gasteiger partial charge on any atom is 0.337 e. The van der Waals surface area contributed by atoms with Crippen LogP contribution in [0, 0.1) is 5.21 Å². The fourth-order valence-electron chi connectivity index (χ4n) is 2.14. The molecule has 0 fully saturated rings. The molecule has 0 N–H and O–H groups in total. The van der Waals surface area contributed by atoms with Crippen molar-refractivity contribution in [3.05, 3.63) is 65.5 Å². The summed E-state index contributed by atoms with van der Waals surface area (Å²) in [5.74, 6) is -0.409. The van der Waals surface area contributed by atoms with Gasteiger partial charge in [-0.3, -0.25) is 0 Å². The van der Waals surface area contributed by atoms with Crippen LogP contribution in [0.2, 0.25) is 0 Å². The van der Waals surface area contributed by atoms with Crippen LogP contribution in [0.15, 0.2) is 54.7 Å². The molecule has 0 unspecified atom stereocenters. The molecule has 21 heavy (non-hydrogen) atoms. The topological polar surface area (TPSA) is 66.1 Å². The van der Waals surface area contributed by atoms with Crippen molar-refractivity contribution >= 4 is 17.0 Å². The standard InChI is InChI=1S/C16H12N2O3/c1-21-16(19)12-8-6-11(7-9-12)15-10-17-13-4-2-3-5-14(13)18(15)20/h2-10H,1H3. The molecule has 0 radical (unpaired) electrons. The predicted molar refractivity (Wildman–Crippen MR) is 77.5 cm³/mol. The van der Waals surface area contributed by atoms with Gasteiger partial charge < -0.3 is 9.94 Å². The van der Waals surface area contributed by atoms with E-state index in [1.807, 2.05) is 6.07 Å². The molecule has 1 aromatic heterocycles. The van der Waals surface area contributed by atoms with Crippen molar-refractivity contribution in [3.63, 3.8) is 0 Å². The second kappa shape index (κ2) is 5.20. The lowest BCUT2D eigenvalue weighted by Gasteiger charge is -2.07. The molecular weight excluding hydrogens is 268 g/mol. The largest absolute Gasteiger partial charge is 0.618 e. The number of hydrogen-bond acceptors (Lipinski definition) is 4. The van der Waals surface area contributed by atoms with Crippen LogP contribution in [-0.4, -0.2) is 18.1 Å². The number of para-hydroxylation sites is 2. The van der Waals surface area contributed by atoms with Crippen molar-refractivity contribution in [2.45, 2.75) is 0 Å². The fourth-order valence-corrected chi connectivity index (χ4v) is 2.14. The van der Waals surface area contributed by atoms with E-state index in [1.54, 1.807) is 42.5 Å². The highest BCUT2D eigenvalue weighted by Gasteiger charge is 2.14. The van der Waals surface area contributed by atoms with E-state index < -0.39 is 5.97 Å². The third kappa shape index (κ3) is 2.29. The molecule has 0 bridgehead atoms. The third-order valence-corrected chi connectivity index (χ3v) is 3.25. The van der Waals surface area contributed by atoms with Gasteiger partial charge in [0.15, 0.2) is 0 Å². The number of hydrogen-bond donors (Lipinski definition) is 0. The second-order valence-corrected chi connectivity index (χ2v) is 4.50. The second-order valence-electron chi connectivity index (χ2n) is 4.50. The number of methoxy groups -OCH3 is 1. The molecule has 1 heterocycles. The third-order valence-electron chi connectivity index (χ3n) is 3.25. The summed E-state index contributed by atoms with van der Waals surface area (Å²) in [6.45, 7) is 0. The van der Waals surface area contributed by atoms with Crippen LogP contribution >= 0.6 is 0 Å². The van der Waals surface area contributed by atoms with Crippen molar-refractivity contribution in [3.8, 4) is 11.3 Å². The van der Waals surface area contributed by atoms with Gasteiger partial charge in [0.1, 0.15) is 11.7 Å². The highest BCUT2D eigenvalue weighted by molar-refractivity contribution is 5.89. The molecule has 3 rings (SSSR count). The minimum atomic E-state index is -0.409. The Morgan fingerprint density at radius 2 is 1.86 bits per heavy atom. The number of ether oxygens (including phenoxy) is 1. The molecule has 0 saturated heterocycles. The molecule has 0 aliphatic carbocycles. The van der Waals surface area contributed by atoms with Gasteiger partial charge in [0.2, 0.25) is 11.2 Å². The number of nitrogens with zero attached hydrogens (tertiary/aromatic N) is 2. The van der Waals surface area contributed by atoms with Gasteiger partial charge in [0, 0.05) is 11.6 Å². The predicted octanol–water partition coefficient (Wildman–Crippen LogP) is 2.32. The first-order valence-corrected chi connectivity index (χ1v) is 6.37. The highest BCUT2D eigenvalue weighted by atomic mass is 16.5. The van der Waals surface area contributed by atoms with Crippen LogP contribution in [-0.2, 0) is 4.74 Å². The van der Waals surface area contributed by atoms with Crippen LogP contribution in [0.4, 0.5) is 0 Å². The van der Waals surface area contributed by atoms with E-state index in [0.717, 1.165) is 4.73 Å². The molecule has 0 aliphatic heterocycles. The van der Waals surface area contributed by atoms with Crippen molar-refractivity contribution in [2.75, 3.05) is 7.11 Å². The maximum atomic E-state index is 12.4. The molecular formula is C16H12N2O3. The number of esters is 1. The van der Waals surface area contributed by atoms with E-state index in [1.165, 1.54) is 13.3 Å². The average molecular weight is 280 g/mol. The van der Waals surface area contributed by atoms with Crippen molar-refractivity contribution in [1.29, 1.82) is 0 Å². The lowest BCUT2D eigenvalue weighted by atomic mass is 10.1. The molecule has 3 aromatic rings. The molecule has 0 amide bonds. The van der Waals surface area contributed by atoms with Crippen molar-refractivity contribution < 1.29 is 14.3 Å². The Bertz CT molecular complexity index is 813. The van der Waals surface area contributed by atoms with Crippen LogP contribution in [0.25, 0.3) is 22.3 Å². The zero-order valence-corrected chi connectivity index (χ0v) is 11.3. The van der Waals surface area contributed by atoms with Gasteiger partial charge in [0.05, 0.1) is 12.7 Å². The molecule has 0 atom stereocenters. The number of carbonyl (C=O) groups excluding carboxylic acids is 1. The SMILES string of the molecule is COC(=O)c1ccc(-c2cnc3ccccc3[n+]2[O-])cc1. The van der Waals surface area contributed by atoms with Gasteiger partial charge in [-0.1, -0.05) is 12.1 Å². The lowest BCUT2D eigenvalue weighted by molar-refractivity contribution is -0.565. The van der Waals surface area contributed by atoms with Crippen LogP contribution < -0.4 is 4.73 Å². The molecule has 5 nitrogen and oxygen atoms in total. The number of carbonyl (C=O) groups is 1. The first-order chi connectivity index (χ1) is 10.2. The Kier molecular flexibility index (Phi) is 3.23. The summed E-state index contributed by atoms with van der Waals surface area (Å²) in [5, 5.41) is 12.4. The first-order valence-electron chi connectivity index (χ1n) is 6.37. The average Bonchev–Trinajstić information content (AvgIpc) is 2.55. The summed E-state index contributed by atoms with van der Waals surface area (Å²) >= 11 is 0. The Hall–Kier alpha value is -2.95. The van der Waals surface area contributed by atoms with Crippen LogP contribution in [0.3, 0.4) is 0 Å². The summed E-state index contributed by atoms with van der Waals surface area (Å²) < 4.78 is 5.49. The summed E-state index contributed by atoms with van der Waals surface area (Å²) in [4.78, 5) is 15.7. The number of fused-ring (bicyclic) bond motifs is 1. The maximum absolute atomic E-state index is 12.4. The van der Waals surface area contributed by atoms with Crippen LogP contribution in [0.1, 0.15) is 10.4 Å². The van der Waals surface area contributed by atoms with Gasteiger partial charge in [-0.15, -0.1) is 0 Å². The molecule has 0 saturated carbocycles. The fraction of sp³-hybridized carbons (Fsp3) is 0.0625. The van der Waals surface area contributed by atoms with Gasteiger partial charge in [-0.2, -0.15) is 4.73 Å². The first kappa shape index (κ1) is 13.1. The summed E-state index contributed by atoms with van der Waals surface area (Å²) in [7, 11) is 1.33. The van der Waals surface area contributed by atoms with Gasteiger partial charge in [-0.25, -0.2) is 9.78 Å². The smallest absolute Gasteiger partial charge is 0.337 e. The number of benzene rings is 2. The van der Waals surface area contributed by atoms with E-state index in [9.17, 15) is 10.0 Å². The zero-order valence-electron chi connectivity index (χ0n) is 11.3. The van der Waals surface area contributed by atoms with E-state index in [4.69, 9.17) is 0 Å². The van der Waals surface area contributed by atoms with Gasteiger partial charge in [-0.05, 0) is 30.3 Å². The van der Waals surface area contributed by atoms with E-state index >= 15 is 0 Å². The Morgan fingerprint density at radius 3 is 2.57 bits per heavy atom. The van der Waals surface area contributed by atoms with E-state index in [-0.39, 0.29) is 0 Å². The van der Waals surface area contributed by atoms with E-state index in [2.05, 4.69) is 9.72 Å². The van der Waals surface area contributed by atoms with Crippen molar-refractivity contribution in [1.82, 2.24) is 4.98 Å². The lowest BCUT2D eigenvalue weighted by Crippen LogP contribution is -2.30. The number of aromatic nitrogens is 2. The summed E-state index contributed by atoms with van der Waals surface area (Å²) in [6.07, 6.45) is 1.53. The molecule has 5 heteroatoms. The summed E-state index contributed by atoms with van der Waals surface area (Å²) in [6, 6.07) is 13.8.